The third kappa shape index (κ3) is 5.52. The van der Waals surface area contributed by atoms with Crippen molar-refractivity contribution >= 4 is 11.9 Å². The van der Waals surface area contributed by atoms with Gasteiger partial charge in [-0.05, 0) is 17.3 Å². The molecule has 0 spiro atoms. The summed E-state index contributed by atoms with van der Waals surface area (Å²) < 4.78 is 4.69. The van der Waals surface area contributed by atoms with Crippen molar-refractivity contribution in [2.75, 3.05) is 7.11 Å². The zero-order valence-corrected chi connectivity index (χ0v) is 12.7. The molecule has 2 atom stereocenters. The van der Waals surface area contributed by atoms with Gasteiger partial charge in [0, 0.05) is 6.42 Å². The van der Waals surface area contributed by atoms with Crippen molar-refractivity contribution < 1.29 is 14.3 Å². The molecule has 0 saturated heterocycles. The van der Waals surface area contributed by atoms with E-state index in [0.717, 1.165) is 0 Å². The van der Waals surface area contributed by atoms with Crippen molar-refractivity contribution in [3.05, 3.63) is 0 Å². The number of methoxy groups -OCH3 is 1. The van der Waals surface area contributed by atoms with Gasteiger partial charge >= 0.3 is 5.97 Å². The number of ether oxygens (including phenoxy) is 1. The van der Waals surface area contributed by atoms with E-state index >= 15 is 0 Å². The lowest BCUT2D eigenvalue weighted by Gasteiger charge is -2.28. The fourth-order valence-electron chi connectivity index (χ4n) is 1.44. The zero-order chi connectivity index (χ0) is 14.5. The third-order valence-electron chi connectivity index (χ3n) is 3.41. The summed E-state index contributed by atoms with van der Waals surface area (Å²) in [6.45, 7) is 12.1. The van der Waals surface area contributed by atoms with Gasteiger partial charge in [0.15, 0.2) is 0 Å². The molecular formula is C14H27NO3. The Labute approximate surface area is 110 Å². The molecule has 4 heteroatoms. The van der Waals surface area contributed by atoms with E-state index < -0.39 is 6.04 Å². The van der Waals surface area contributed by atoms with Gasteiger partial charge in [-0.1, -0.05) is 41.5 Å². The molecule has 1 N–H and O–H groups in total. The summed E-state index contributed by atoms with van der Waals surface area (Å²) in [5, 5.41) is 2.76. The maximum absolute atomic E-state index is 11.9. The highest BCUT2D eigenvalue weighted by Crippen LogP contribution is 2.27. The fraction of sp³-hybridized carbons (Fsp3) is 0.857. The number of amides is 1. The molecule has 0 aliphatic heterocycles. The molecule has 0 aliphatic carbocycles. The van der Waals surface area contributed by atoms with Gasteiger partial charge in [-0.15, -0.1) is 0 Å². The lowest BCUT2D eigenvalue weighted by Crippen LogP contribution is -2.45. The van der Waals surface area contributed by atoms with Gasteiger partial charge in [-0.2, -0.15) is 0 Å². The highest BCUT2D eigenvalue weighted by molar-refractivity contribution is 5.84. The van der Waals surface area contributed by atoms with Crippen LogP contribution in [0.3, 0.4) is 0 Å². The van der Waals surface area contributed by atoms with Crippen LogP contribution in [0.4, 0.5) is 0 Å². The second-order valence-corrected chi connectivity index (χ2v) is 6.28. The minimum Gasteiger partial charge on any atom is -0.467 e. The number of hydrogen-bond acceptors (Lipinski definition) is 3. The van der Waals surface area contributed by atoms with E-state index in [0.29, 0.717) is 6.42 Å². The van der Waals surface area contributed by atoms with E-state index in [1.165, 1.54) is 7.11 Å². The minimum atomic E-state index is -0.560. The molecule has 106 valence electrons. The Bertz CT molecular complexity index is 292. The molecule has 0 aromatic rings. The Morgan fingerprint density at radius 3 is 2.00 bits per heavy atom. The van der Waals surface area contributed by atoms with Gasteiger partial charge in [0.25, 0.3) is 0 Å². The molecule has 0 aromatic heterocycles. The van der Waals surface area contributed by atoms with E-state index in [4.69, 9.17) is 4.74 Å². The van der Waals surface area contributed by atoms with Gasteiger partial charge in [-0.3, -0.25) is 4.79 Å². The number of rotatable bonds is 5. The summed E-state index contributed by atoms with van der Waals surface area (Å²) in [5.41, 5.74) is 0.0793. The molecule has 0 fully saturated rings. The molecule has 1 amide bonds. The minimum absolute atomic E-state index is 0.0198. The van der Waals surface area contributed by atoms with Crippen LogP contribution in [0, 0.1) is 17.3 Å². The summed E-state index contributed by atoms with van der Waals surface area (Å²) >= 11 is 0. The number of carbonyl (C=O) groups is 2. The Morgan fingerprint density at radius 1 is 1.17 bits per heavy atom. The van der Waals surface area contributed by atoms with E-state index in [2.05, 4.69) is 26.1 Å². The first-order valence-corrected chi connectivity index (χ1v) is 6.46. The van der Waals surface area contributed by atoms with Crippen LogP contribution in [-0.4, -0.2) is 25.0 Å². The van der Waals surface area contributed by atoms with Crippen molar-refractivity contribution in [3.8, 4) is 0 Å². The highest BCUT2D eigenvalue weighted by atomic mass is 16.5. The maximum atomic E-state index is 11.9. The maximum Gasteiger partial charge on any atom is 0.328 e. The monoisotopic (exact) mass is 257 g/mol. The van der Waals surface area contributed by atoms with Crippen LogP contribution in [0.15, 0.2) is 0 Å². The molecule has 18 heavy (non-hydrogen) atoms. The van der Waals surface area contributed by atoms with Crippen molar-refractivity contribution in [2.24, 2.45) is 17.3 Å². The van der Waals surface area contributed by atoms with Crippen molar-refractivity contribution in [3.63, 3.8) is 0 Å². The molecule has 0 saturated carbocycles. The number of esters is 1. The van der Waals surface area contributed by atoms with Gasteiger partial charge in [-0.25, -0.2) is 4.79 Å². The number of nitrogens with one attached hydrogen (secondary N) is 1. The SMILES string of the molecule is COC(=O)C(NC(=O)CC(C)C(C)(C)C)C(C)C. The van der Waals surface area contributed by atoms with E-state index in [1.807, 2.05) is 20.8 Å². The van der Waals surface area contributed by atoms with Crippen LogP contribution >= 0.6 is 0 Å². The quantitative estimate of drug-likeness (QED) is 0.769. The van der Waals surface area contributed by atoms with Gasteiger partial charge in [0.1, 0.15) is 6.04 Å². The van der Waals surface area contributed by atoms with Crippen LogP contribution in [0.2, 0.25) is 0 Å². The topological polar surface area (TPSA) is 55.4 Å². The largest absolute Gasteiger partial charge is 0.467 e. The summed E-state index contributed by atoms with van der Waals surface area (Å²) in [5.74, 6) is -0.211. The predicted octanol–water partition coefficient (Wildman–Crippen LogP) is 2.37. The van der Waals surface area contributed by atoms with Crippen LogP contribution in [0.5, 0.6) is 0 Å². The molecule has 2 unspecified atom stereocenters. The Kier molecular flexibility index (Phi) is 6.36. The van der Waals surface area contributed by atoms with Gasteiger partial charge in [0.05, 0.1) is 7.11 Å². The highest BCUT2D eigenvalue weighted by Gasteiger charge is 2.27. The summed E-state index contributed by atoms with van der Waals surface area (Å²) in [4.78, 5) is 23.5. The molecule has 0 radical (unpaired) electrons. The molecule has 0 aliphatic rings. The number of carbonyl (C=O) groups excluding carboxylic acids is 2. The smallest absolute Gasteiger partial charge is 0.328 e. The fourth-order valence-corrected chi connectivity index (χ4v) is 1.44. The second kappa shape index (κ2) is 6.76. The Balaban J connectivity index is 4.49. The molecule has 4 nitrogen and oxygen atoms in total. The first-order chi connectivity index (χ1) is 8.09. The van der Waals surface area contributed by atoms with Crippen LogP contribution in [-0.2, 0) is 14.3 Å². The van der Waals surface area contributed by atoms with E-state index in [1.54, 1.807) is 0 Å². The van der Waals surface area contributed by atoms with Crippen LogP contribution in [0.25, 0.3) is 0 Å². The van der Waals surface area contributed by atoms with E-state index in [9.17, 15) is 9.59 Å². The van der Waals surface area contributed by atoms with Crippen molar-refractivity contribution in [1.29, 1.82) is 0 Å². The molecule has 0 bridgehead atoms. The van der Waals surface area contributed by atoms with Gasteiger partial charge in [0.2, 0.25) is 5.91 Å². The molecular weight excluding hydrogens is 230 g/mol. The van der Waals surface area contributed by atoms with Gasteiger partial charge < -0.3 is 10.1 Å². The average Bonchev–Trinajstić information content (AvgIpc) is 2.23. The average molecular weight is 257 g/mol. The van der Waals surface area contributed by atoms with Crippen molar-refractivity contribution in [2.45, 2.75) is 54.0 Å². The molecule has 0 aromatic carbocycles. The van der Waals surface area contributed by atoms with E-state index in [-0.39, 0.29) is 29.1 Å². The Morgan fingerprint density at radius 2 is 1.67 bits per heavy atom. The lowest BCUT2D eigenvalue weighted by molar-refractivity contribution is -0.146. The van der Waals surface area contributed by atoms with Crippen molar-refractivity contribution in [1.82, 2.24) is 5.32 Å². The zero-order valence-electron chi connectivity index (χ0n) is 12.7. The summed E-state index contributed by atoms with van der Waals surface area (Å²) in [7, 11) is 1.33. The Hall–Kier alpha value is -1.06. The normalized spacial score (nSPS) is 15.1. The standard InChI is InChI=1S/C14H27NO3/c1-9(2)12(13(17)18-7)15-11(16)8-10(3)14(4,5)6/h9-10,12H,8H2,1-7H3,(H,15,16). The number of hydrogen-bond donors (Lipinski definition) is 1. The predicted molar refractivity (Wildman–Crippen MR) is 72.0 cm³/mol. The summed E-state index contributed by atoms with van der Waals surface area (Å²) in [6, 6.07) is -0.560. The first-order valence-electron chi connectivity index (χ1n) is 6.46. The molecule has 0 rings (SSSR count). The molecule has 0 heterocycles. The first kappa shape index (κ1) is 16.9. The van der Waals surface area contributed by atoms with Crippen LogP contribution < -0.4 is 5.32 Å². The lowest BCUT2D eigenvalue weighted by atomic mass is 9.80. The van der Waals surface area contributed by atoms with Crippen LogP contribution in [0.1, 0.15) is 48.0 Å². The second-order valence-electron chi connectivity index (χ2n) is 6.28. The third-order valence-corrected chi connectivity index (χ3v) is 3.41. The summed E-state index contributed by atoms with van der Waals surface area (Å²) in [6.07, 6.45) is 0.420.